The summed E-state index contributed by atoms with van der Waals surface area (Å²) in [7, 11) is 3.13. The highest BCUT2D eigenvalue weighted by Gasteiger charge is 2.28. The predicted octanol–water partition coefficient (Wildman–Crippen LogP) is 5.29. The number of fused-ring (bicyclic) bond motifs is 1. The van der Waals surface area contributed by atoms with Gasteiger partial charge in [-0.2, -0.15) is 5.26 Å². The highest BCUT2D eigenvalue weighted by molar-refractivity contribution is 6.36. The number of nitrogens with one attached hydrogen (secondary N) is 1. The van der Waals surface area contributed by atoms with Crippen LogP contribution in [0.4, 0.5) is 11.4 Å². The minimum atomic E-state index is 0.0587. The zero-order chi connectivity index (χ0) is 20.5. The van der Waals surface area contributed by atoms with Crippen molar-refractivity contribution in [2.45, 2.75) is 5.92 Å². The number of hydrogen-bond donors (Lipinski definition) is 1. The maximum absolute atomic E-state index is 9.97. The zero-order valence-corrected chi connectivity index (χ0v) is 17.3. The second-order valence-electron chi connectivity index (χ2n) is 6.57. The van der Waals surface area contributed by atoms with Gasteiger partial charge in [-0.3, -0.25) is 4.98 Å². The number of pyridine rings is 1. The van der Waals surface area contributed by atoms with Crippen LogP contribution >= 0.6 is 23.2 Å². The summed E-state index contributed by atoms with van der Waals surface area (Å²) in [4.78, 5) is 4.76. The topological polar surface area (TPSA) is 76.4 Å². The van der Waals surface area contributed by atoms with E-state index in [-0.39, 0.29) is 5.92 Å². The van der Waals surface area contributed by atoms with Crippen LogP contribution in [0.2, 0.25) is 10.0 Å². The summed E-state index contributed by atoms with van der Waals surface area (Å²) in [5.74, 6) is 1.16. The molecule has 4 rings (SSSR count). The summed E-state index contributed by atoms with van der Waals surface area (Å²) in [6.07, 6.45) is 0. The normalized spacial score (nSPS) is 13.6. The average Bonchev–Trinajstić information content (AvgIpc) is 2.67. The van der Waals surface area contributed by atoms with Crippen molar-refractivity contribution in [1.82, 2.24) is 4.98 Å². The van der Waals surface area contributed by atoms with Gasteiger partial charge >= 0.3 is 0 Å². The van der Waals surface area contributed by atoms with Gasteiger partial charge in [0.2, 0.25) is 0 Å². The Morgan fingerprint density at radius 1 is 1.14 bits per heavy atom. The fraction of sp³-hybridized carbons (Fsp3) is 0.238. The molecule has 0 bridgehead atoms. The van der Waals surface area contributed by atoms with Crippen LogP contribution in [0.15, 0.2) is 30.3 Å². The van der Waals surface area contributed by atoms with E-state index in [1.807, 2.05) is 0 Å². The number of rotatable bonds is 5. The van der Waals surface area contributed by atoms with Crippen molar-refractivity contribution in [2.75, 3.05) is 32.8 Å². The zero-order valence-electron chi connectivity index (χ0n) is 15.8. The van der Waals surface area contributed by atoms with Crippen molar-refractivity contribution in [3.63, 3.8) is 0 Å². The Morgan fingerprint density at radius 2 is 1.86 bits per heavy atom. The van der Waals surface area contributed by atoms with E-state index in [1.54, 1.807) is 44.6 Å². The monoisotopic (exact) mass is 429 g/mol. The highest BCUT2D eigenvalue weighted by Crippen LogP contribution is 2.41. The van der Waals surface area contributed by atoms with Crippen LogP contribution < -0.4 is 14.8 Å². The van der Waals surface area contributed by atoms with Crippen LogP contribution in [0.1, 0.15) is 17.2 Å². The molecule has 1 N–H and O–H groups in total. The van der Waals surface area contributed by atoms with Gasteiger partial charge < -0.3 is 19.5 Å². The van der Waals surface area contributed by atoms with Gasteiger partial charge in [0.15, 0.2) is 11.5 Å². The van der Waals surface area contributed by atoms with E-state index < -0.39 is 0 Å². The maximum Gasteiger partial charge on any atom is 0.162 e. The lowest BCUT2D eigenvalue weighted by Crippen LogP contribution is -2.27. The molecule has 6 nitrogen and oxygen atoms in total. The molecule has 1 saturated heterocycles. The van der Waals surface area contributed by atoms with E-state index in [1.165, 1.54) is 0 Å². The second kappa shape index (κ2) is 7.96. The van der Waals surface area contributed by atoms with Gasteiger partial charge in [-0.25, -0.2) is 0 Å². The molecule has 1 aromatic heterocycles. The molecule has 0 saturated carbocycles. The van der Waals surface area contributed by atoms with Gasteiger partial charge in [0, 0.05) is 22.4 Å². The Kier molecular flexibility index (Phi) is 5.37. The van der Waals surface area contributed by atoms with Crippen LogP contribution in [-0.4, -0.2) is 32.4 Å². The third kappa shape index (κ3) is 3.53. The van der Waals surface area contributed by atoms with Crippen molar-refractivity contribution < 1.29 is 14.2 Å². The lowest BCUT2D eigenvalue weighted by Gasteiger charge is -2.27. The maximum atomic E-state index is 9.97. The lowest BCUT2D eigenvalue weighted by molar-refractivity contribution is 0.00675. The number of aromatic nitrogens is 1. The van der Waals surface area contributed by atoms with Crippen LogP contribution in [0.3, 0.4) is 0 Å². The molecule has 29 heavy (non-hydrogen) atoms. The van der Waals surface area contributed by atoms with Crippen molar-refractivity contribution >= 4 is 45.5 Å². The molecule has 3 aromatic rings. The predicted molar refractivity (Wildman–Crippen MR) is 113 cm³/mol. The number of nitrogens with zero attached hydrogens (tertiary/aromatic N) is 2. The van der Waals surface area contributed by atoms with Crippen molar-refractivity contribution in [2.24, 2.45) is 0 Å². The molecule has 0 atom stereocenters. The Morgan fingerprint density at radius 3 is 2.45 bits per heavy atom. The summed E-state index contributed by atoms with van der Waals surface area (Å²) < 4.78 is 16.2. The van der Waals surface area contributed by atoms with E-state index in [0.717, 1.165) is 0 Å². The van der Waals surface area contributed by atoms with Gasteiger partial charge in [-0.05, 0) is 24.3 Å². The number of ether oxygens (including phenoxy) is 3. The number of hydrogen-bond acceptors (Lipinski definition) is 6. The molecule has 148 valence electrons. The minimum absolute atomic E-state index is 0.0587. The van der Waals surface area contributed by atoms with E-state index >= 15 is 0 Å². The van der Waals surface area contributed by atoms with Crippen molar-refractivity contribution in [1.29, 1.82) is 5.26 Å². The Hall–Kier alpha value is -2.72. The van der Waals surface area contributed by atoms with Gasteiger partial charge in [-0.1, -0.05) is 23.2 Å². The molecule has 0 unspecified atom stereocenters. The van der Waals surface area contributed by atoms with Gasteiger partial charge in [0.05, 0.1) is 60.6 Å². The van der Waals surface area contributed by atoms with Gasteiger partial charge in [0.25, 0.3) is 0 Å². The van der Waals surface area contributed by atoms with Gasteiger partial charge in [0.1, 0.15) is 6.07 Å². The van der Waals surface area contributed by atoms with E-state index in [9.17, 15) is 5.26 Å². The smallest absolute Gasteiger partial charge is 0.162 e. The summed E-state index contributed by atoms with van der Waals surface area (Å²) in [6, 6.07) is 11.0. The first-order valence-electron chi connectivity index (χ1n) is 8.85. The van der Waals surface area contributed by atoms with E-state index in [2.05, 4.69) is 11.4 Å². The molecule has 0 amide bonds. The molecule has 1 fully saturated rings. The summed E-state index contributed by atoms with van der Waals surface area (Å²) in [5.41, 5.74) is 3.04. The molecule has 0 radical (unpaired) electrons. The van der Waals surface area contributed by atoms with E-state index in [4.69, 9.17) is 42.4 Å². The largest absolute Gasteiger partial charge is 0.493 e. The summed E-state index contributed by atoms with van der Waals surface area (Å²) in [6.45, 7) is 1.06. The first kappa shape index (κ1) is 19.6. The van der Waals surface area contributed by atoms with Crippen LogP contribution in [-0.2, 0) is 4.74 Å². The minimum Gasteiger partial charge on any atom is -0.493 e. The number of halogens is 2. The Balaban J connectivity index is 1.98. The molecule has 8 heteroatoms. The van der Waals surface area contributed by atoms with Crippen LogP contribution in [0, 0.1) is 11.3 Å². The molecule has 1 aliphatic rings. The summed E-state index contributed by atoms with van der Waals surface area (Å²) in [5, 5.41) is 15.0. The molecular formula is C21H17Cl2N3O3. The third-order valence-corrected chi connectivity index (χ3v) is 5.39. The highest BCUT2D eigenvalue weighted by atomic mass is 35.5. The quantitative estimate of drug-likeness (QED) is 0.593. The summed E-state index contributed by atoms with van der Waals surface area (Å²) >= 11 is 12.4. The number of anilines is 2. The lowest BCUT2D eigenvalue weighted by atomic mass is 9.95. The fourth-order valence-corrected chi connectivity index (χ4v) is 3.72. The molecular weight excluding hydrogens is 413 g/mol. The molecule has 2 aromatic carbocycles. The molecule has 1 aliphatic heterocycles. The average molecular weight is 430 g/mol. The SMILES string of the molecule is COc1cc2nc(C3COC3)c(C#N)c(Nc3ccc(Cl)cc3Cl)c2cc1OC. The van der Waals surface area contributed by atoms with Crippen LogP contribution in [0.5, 0.6) is 11.5 Å². The number of nitriles is 1. The van der Waals surface area contributed by atoms with Gasteiger partial charge in [-0.15, -0.1) is 0 Å². The molecule has 0 spiro atoms. The number of methoxy groups -OCH3 is 2. The number of benzene rings is 2. The first-order valence-corrected chi connectivity index (χ1v) is 9.60. The molecule has 0 aliphatic carbocycles. The fourth-order valence-electron chi connectivity index (χ4n) is 3.27. The standard InChI is InChI=1S/C21H17Cl2N3O3/c1-27-18-6-13-17(7-19(18)28-2)26-20(11-9-29-10-11)14(8-24)21(13)25-16-4-3-12(22)5-15(16)23/h3-7,11H,9-10H2,1-2H3,(H,25,26). The third-order valence-electron chi connectivity index (χ3n) is 4.85. The van der Waals surface area contributed by atoms with Crippen molar-refractivity contribution in [3.8, 4) is 17.6 Å². The Labute approximate surface area is 177 Å². The second-order valence-corrected chi connectivity index (χ2v) is 7.41. The van der Waals surface area contributed by atoms with Crippen LogP contribution in [0.25, 0.3) is 10.9 Å². The van der Waals surface area contributed by atoms with E-state index in [0.29, 0.717) is 68.3 Å². The Bertz CT molecular complexity index is 1140. The first-order chi connectivity index (χ1) is 14.0. The van der Waals surface area contributed by atoms with Crippen molar-refractivity contribution in [3.05, 3.63) is 51.6 Å². The molecule has 2 heterocycles.